The molecule has 9 heteroatoms. The van der Waals surface area contributed by atoms with E-state index in [1.165, 1.54) is 0 Å². The number of benzene rings is 2. The Hall–Kier alpha value is -3.56. The summed E-state index contributed by atoms with van der Waals surface area (Å²) in [7, 11) is 0. The van der Waals surface area contributed by atoms with Gasteiger partial charge in [-0.05, 0) is 82.0 Å². The molecule has 1 N–H and O–H groups in total. The van der Waals surface area contributed by atoms with Gasteiger partial charge in [0.05, 0.1) is 35.8 Å². The lowest BCUT2D eigenvalue weighted by atomic mass is 9.70. The fourth-order valence-corrected chi connectivity index (χ4v) is 9.52. The van der Waals surface area contributed by atoms with E-state index >= 15 is 0 Å². The number of aliphatic hydroxyl groups excluding tert-OH is 1. The van der Waals surface area contributed by atoms with Crippen molar-refractivity contribution in [3.8, 4) is 5.75 Å². The zero-order valence-corrected chi connectivity index (χ0v) is 26.9. The summed E-state index contributed by atoms with van der Waals surface area (Å²) in [5.41, 5.74) is 3.44. The van der Waals surface area contributed by atoms with Crippen LogP contribution in [0.4, 0.5) is 11.4 Å². The Kier molecular flexibility index (Phi) is 9.28. The van der Waals surface area contributed by atoms with Gasteiger partial charge >= 0.3 is 0 Å². The third-order valence-corrected chi connectivity index (χ3v) is 11.2. The Labute approximate surface area is 264 Å². The number of aliphatic hydroxyl groups is 1. The SMILES string of the molecule is C=CCN(C(=O)[C@@H]1[C@H]2C(=O)N([C@H](C)CO)C(C(=O)N(CC=C)c3cc(C)ccc3C)C23CC[C@H]1S3)c1ccc(OCC)cc1. The molecule has 3 aliphatic rings. The normalized spacial score (nSPS) is 25.8. The van der Waals surface area contributed by atoms with E-state index in [9.17, 15) is 19.5 Å². The number of carbonyl (C=O) groups is 3. The summed E-state index contributed by atoms with van der Waals surface area (Å²) >= 11 is 1.62. The third-order valence-electron chi connectivity index (χ3n) is 9.27. The van der Waals surface area contributed by atoms with Crippen LogP contribution in [-0.4, -0.2) is 76.1 Å². The average Bonchev–Trinajstić information content (AvgIpc) is 3.67. The van der Waals surface area contributed by atoms with Crippen LogP contribution in [0, 0.1) is 25.7 Å². The van der Waals surface area contributed by atoms with E-state index < -0.39 is 28.7 Å². The lowest BCUT2D eigenvalue weighted by molar-refractivity contribution is -0.141. The molecule has 1 spiro atoms. The number of rotatable bonds is 12. The molecule has 2 aromatic rings. The lowest BCUT2D eigenvalue weighted by Crippen LogP contribution is -2.57. The number of likely N-dealkylation sites (tertiary alicyclic amines) is 1. The van der Waals surface area contributed by atoms with Gasteiger partial charge in [-0.1, -0.05) is 24.3 Å². The molecule has 0 aliphatic carbocycles. The van der Waals surface area contributed by atoms with Gasteiger partial charge in [-0.15, -0.1) is 24.9 Å². The predicted molar refractivity (Wildman–Crippen MR) is 176 cm³/mol. The molecule has 0 radical (unpaired) electrons. The number of nitrogens with zero attached hydrogens (tertiary/aromatic N) is 3. The molecule has 2 unspecified atom stereocenters. The van der Waals surface area contributed by atoms with Gasteiger partial charge in [0.15, 0.2) is 0 Å². The molecule has 3 aliphatic heterocycles. The molecular formula is C35H43N3O5S. The van der Waals surface area contributed by atoms with Gasteiger partial charge in [-0.2, -0.15) is 0 Å². The zero-order valence-electron chi connectivity index (χ0n) is 26.1. The maximum absolute atomic E-state index is 14.8. The molecule has 5 rings (SSSR count). The first-order valence-corrected chi connectivity index (χ1v) is 16.3. The third kappa shape index (κ3) is 5.24. The largest absolute Gasteiger partial charge is 0.494 e. The smallest absolute Gasteiger partial charge is 0.251 e. The fourth-order valence-electron chi connectivity index (χ4n) is 7.33. The molecule has 0 aromatic heterocycles. The van der Waals surface area contributed by atoms with Gasteiger partial charge in [0.25, 0.3) is 5.91 Å². The Morgan fingerprint density at radius 1 is 1.11 bits per heavy atom. The van der Waals surface area contributed by atoms with Gasteiger partial charge in [-0.25, -0.2) is 0 Å². The Bertz CT molecular complexity index is 1440. The second kappa shape index (κ2) is 12.8. The van der Waals surface area contributed by atoms with E-state index in [2.05, 4.69) is 13.2 Å². The topological polar surface area (TPSA) is 90.4 Å². The molecule has 6 atom stereocenters. The fraction of sp³-hybridized carbons (Fsp3) is 0.457. The number of hydrogen-bond donors (Lipinski definition) is 1. The summed E-state index contributed by atoms with van der Waals surface area (Å²) in [6.45, 7) is 16.2. The lowest BCUT2D eigenvalue weighted by Gasteiger charge is -2.39. The van der Waals surface area contributed by atoms with Crippen molar-refractivity contribution in [1.29, 1.82) is 0 Å². The monoisotopic (exact) mass is 617 g/mol. The summed E-state index contributed by atoms with van der Waals surface area (Å²) < 4.78 is 4.81. The first kappa shape index (κ1) is 31.9. The highest BCUT2D eigenvalue weighted by Crippen LogP contribution is 2.67. The van der Waals surface area contributed by atoms with Gasteiger partial charge in [0, 0.05) is 29.7 Å². The number of thioether (sulfide) groups is 1. The van der Waals surface area contributed by atoms with Gasteiger partial charge < -0.3 is 24.5 Å². The predicted octanol–water partition coefficient (Wildman–Crippen LogP) is 4.91. The summed E-state index contributed by atoms with van der Waals surface area (Å²) in [6.07, 6.45) is 4.75. The van der Waals surface area contributed by atoms with E-state index in [4.69, 9.17) is 4.74 Å². The minimum Gasteiger partial charge on any atom is -0.494 e. The quantitative estimate of drug-likeness (QED) is 0.341. The molecule has 0 saturated carbocycles. The van der Waals surface area contributed by atoms with E-state index in [1.807, 2.05) is 63.2 Å². The summed E-state index contributed by atoms with van der Waals surface area (Å²) in [5.74, 6) is -1.15. The molecule has 8 nitrogen and oxygen atoms in total. The van der Waals surface area contributed by atoms with Crippen LogP contribution in [0.1, 0.15) is 37.8 Å². The van der Waals surface area contributed by atoms with Gasteiger partial charge in [0.1, 0.15) is 11.8 Å². The molecule has 3 saturated heterocycles. The Morgan fingerprint density at radius 2 is 1.80 bits per heavy atom. The van der Waals surface area contributed by atoms with Crippen molar-refractivity contribution in [2.45, 2.75) is 62.6 Å². The molecule has 234 valence electrons. The maximum atomic E-state index is 14.8. The van der Waals surface area contributed by atoms with Gasteiger partial charge in [0.2, 0.25) is 11.8 Å². The van der Waals surface area contributed by atoms with Crippen molar-refractivity contribution in [3.63, 3.8) is 0 Å². The van der Waals surface area contributed by atoms with Crippen LogP contribution in [0.2, 0.25) is 0 Å². The number of anilines is 2. The number of carbonyl (C=O) groups excluding carboxylic acids is 3. The average molecular weight is 618 g/mol. The second-order valence-electron chi connectivity index (χ2n) is 12.0. The minimum absolute atomic E-state index is 0.0955. The van der Waals surface area contributed by atoms with Crippen LogP contribution in [-0.2, 0) is 14.4 Å². The highest BCUT2D eigenvalue weighted by Gasteiger charge is 2.74. The Balaban J connectivity index is 1.56. The van der Waals surface area contributed by atoms with E-state index in [1.54, 1.807) is 45.5 Å². The van der Waals surface area contributed by atoms with Crippen molar-refractivity contribution in [2.24, 2.45) is 11.8 Å². The first-order chi connectivity index (χ1) is 21.1. The van der Waals surface area contributed by atoms with Crippen LogP contribution in [0.3, 0.4) is 0 Å². The van der Waals surface area contributed by atoms with Crippen molar-refractivity contribution in [3.05, 3.63) is 78.9 Å². The van der Waals surface area contributed by atoms with E-state index in [0.717, 1.165) is 23.2 Å². The van der Waals surface area contributed by atoms with Crippen LogP contribution >= 0.6 is 11.8 Å². The molecular weight excluding hydrogens is 574 g/mol. The van der Waals surface area contributed by atoms with E-state index in [-0.39, 0.29) is 42.7 Å². The van der Waals surface area contributed by atoms with Crippen LogP contribution in [0.25, 0.3) is 0 Å². The molecule has 3 fully saturated rings. The molecule has 44 heavy (non-hydrogen) atoms. The molecule has 2 aromatic carbocycles. The minimum atomic E-state index is -0.826. The van der Waals surface area contributed by atoms with Crippen LogP contribution in [0.5, 0.6) is 5.75 Å². The molecule has 2 bridgehead atoms. The molecule has 3 heterocycles. The first-order valence-electron chi connectivity index (χ1n) is 15.4. The zero-order chi connectivity index (χ0) is 31.8. The Morgan fingerprint density at radius 3 is 2.43 bits per heavy atom. The maximum Gasteiger partial charge on any atom is 0.251 e. The summed E-state index contributed by atoms with van der Waals surface area (Å²) in [4.78, 5) is 48.7. The van der Waals surface area contributed by atoms with Crippen molar-refractivity contribution >= 4 is 40.9 Å². The van der Waals surface area contributed by atoms with Crippen LogP contribution < -0.4 is 14.5 Å². The highest BCUT2D eigenvalue weighted by molar-refractivity contribution is 8.02. The van der Waals surface area contributed by atoms with Gasteiger partial charge in [-0.3, -0.25) is 14.4 Å². The highest BCUT2D eigenvalue weighted by atomic mass is 32.2. The number of ether oxygens (including phenoxy) is 1. The second-order valence-corrected chi connectivity index (χ2v) is 13.6. The number of aryl methyl sites for hydroxylation is 2. The number of fused-ring (bicyclic) bond motifs is 1. The standard InChI is InChI=1S/C35H43N3O5S/c1-7-18-36(25-12-14-26(15-13-25)43-9-3)32(40)29-28-16-17-35(44-28)30(29)33(41)38(24(6)21-39)31(35)34(42)37(19-8-2)27-20-22(4)10-11-23(27)5/h7-8,10-15,20,24,28-31,39H,1-2,9,16-19,21H2,3-6H3/t24-,28-,29+,30+,31?,35?/m1/s1. The number of amides is 3. The number of hydrogen-bond acceptors (Lipinski definition) is 6. The summed E-state index contributed by atoms with van der Waals surface area (Å²) in [6, 6.07) is 11.9. The van der Waals surface area contributed by atoms with E-state index in [0.29, 0.717) is 24.5 Å². The van der Waals surface area contributed by atoms with Crippen molar-refractivity contribution in [1.82, 2.24) is 4.90 Å². The molecule has 3 amide bonds. The van der Waals surface area contributed by atoms with Crippen LogP contribution in [0.15, 0.2) is 67.8 Å². The van der Waals surface area contributed by atoms with Crippen molar-refractivity contribution in [2.75, 3.05) is 36.1 Å². The summed E-state index contributed by atoms with van der Waals surface area (Å²) in [5, 5.41) is 10.2. The van der Waals surface area contributed by atoms with Crippen molar-refractivity contribution < 1.29 is 24.2 Å².